The lowest BCUT2D eigenvalue weighted by Crippen LogP contribution is -2.49. The number of ketones is 1. The molecule has 0 spiro atoms. The lowest BCUT2D eigenvalue weighted by atomic mass is 9.84. The van der Waals surface area contributed by atoms with E-state index in [9.17, 15) is 4.79 Å². The van der Waals surface area contributed by atoms with Gasteiger partial charge in [0.1, 0.15) is 0 Å². The number of Topliss-reactive ketones (excluding diaryl/α,β-unsaturated/α-hetero) is 1. The minimum absolute atomic E-state index is 0.185. The van der Waals surface area contributed by atoms with Crippen LogP contribution < -0.4 is 4.90 Å². The number of carbonyl (C=O) groups excluding carboxylic acids is 1. The van der Waals surface area contributed by atoms with Crippen molar-refractivity contribution in [3.8, 4) is 0 Å². The first kappa shape index (κ1) is 17.7. The zero-order valence-electron chi connectivity index (χ0n) is 14.0. The summed E-state index contributed by atoms with van der Waals surface area (Å²) in [6.45, 7) is 3.54. The molecule has 0 N–H and O–H groups in total. The Kier molecular flexibility index (Phi) is 5.35. The second-order valence-electron chi connectivity index (χ2n) is 6.98. The molecule has 1 saturated carbocycles. The molecule has 1 aromatic rings. The van der Waals surface area contributed by atoms with E-state index in [4.69, 9.17) is 11.6 Å². The van der Waals surface area contributed by atoms with Gasteiger partial charge in [0.25, 0.3) is 0 Å². The van der Waals surface area contributed by atoms with E-state index in [-0.39, 0.29) is 5.92 Å². The largest absolute Gasteiger partial charge is 0.367 e. The number of allylic oxidation sites excluding steroid dienone is 1. The molecule has 1 aromatic carbocycles. The van der Waals surface area contributed by atoms with Crippen LogP contribution in [0, 0.1) is 5.92 Å². The Morgan fingerprint density at radius 3 is 2.56 bits per heavy atom. The maximum absolute atomic E-state index is 13.0. The Morgan fingerprint density at radius 1 is 1.08 bits per heavy atom. The van der Waals surface area contributed by atoms with Crippen LogP contribution in [-0.2, 0) is 4.79 Å². The normalized spacial score (nSPS) is 30.1. The summed E-state index contributed by atoms with van der Waals surface area (Å²) < 4.78 is 0. The maximum Gasteiger partial charge on any atom is 0.183 e. The number of para-hydroxylation sites is 1. The molecule has 0 bridgehead atoms. The molecule has 2 fully saturated rings. The van der Waals surface area contributed by atoms with Gasteiger partial charge in [-0.05, 0) is 36.8 Å². The molecule has 4 rings (SSSR count). The predicted molar refractivity (Wildman–Crippen MR) is 110 cm³/mol. The van der Waals surface area contributed by atoms with Gasteiger partial charge in [0.2, 0.25) is 0 Å². The highest BCUT2D eigenvalue weighted by molar-refractivity contribution is 9.09. The number of carbonyl (C=O) groups is 1. The number of piperazine rings is 1. The predicted octanol–water partition coefficient (Wildman–Crippen LogP) is 4.55. The highest BCUT2D eigenvalue weighted by Crippen LogP contribution is 2.42. The van der Waals surface area contributed by atoms with Crippen molar-refractivity contribution in [2.75, 3.05) is 31.1 Å². The number of nitrogens with zero attached hydrogens (tertiary/aromatic N) is 2. The minimum atomic E-state index is 0.185. The molecule has 0 amide bonds. The molecular weight excluding hydrogens is 420 g/mol. The Bertz CT molecular complexity index is 690. The van der Waals surface area contributed by atoms with Crippen LogP contribution in [0.15, 0.2) is 35.4 Å². The number of benzene rings is 1. The van der Waals surface area contributed by atoms with Crippen LogP contribution in [-0.4, -0.2) is 46.9 Å². The van der Waals surface area contributed by atoms with E-state index in [1.54, 1.807) is 0 Å². The molecule has 2 aliphatic heterocycles. The number of halogens is 2. The molecule has 134 valence electrons. The van der Waals surface area contributed by atoms with Gasteiger partial charge >= 0.3 is 0 Å². The monoisotopic (exact) mass is 440 g/mol. The van der Waals surface area contributed by atoms with Gasteiger partial charge in [-0.1, -0.05) is 39.7 Å². The fourth-order valence-electron chi connectivity index (χ4n) is 4.06. The summed E-state index contributed by atoms with van der Waals surface area (Å²) in [5.74, 6) is 0.545. The molecular formula is C19H22BrClN2OS. The van der Waals surface area contributed by atoms with Crippen molar-refractivity contribution in [2.45, 2.75) is 29.3 Å². The van der Waals surface area contributed by atoms with Crippen LogP contribution in [0.25, 0.3) is 0 Å². The second kappa shape index (κ2) is 7.53. The van der Waals surface area contributed by atoms with Crippen LogP contribution in [0.3, 0.4) is 0 Å². The first-order valence-electron chi connectivity index (χ1n) is 8.92. The van der Waals surface area contributed by atoms with E-state index in [1.807, 2.05) is 30.0 Å². The maximum atomic E-state index is 13.0. The summed E-state index contributed by atoms with van der Waals surface area (Å²) in [7, 11) is 0. The van der Waals surface area contributed by atoms with Crippen molar-refractivity contribution in [2.24, 2.45) is 5.92 Å². The number of alkyl halides is 1. The standard InChI is InChI=1S/C19H22BrClN2OS/c20-13-5-6-18-14(11-13)19(24)17(12-25-18)23-9-7-22(8-10-23)16-4-2-1-3-15(16)21/h1-4,12-14,18H,5-11H2. The zero-order chi connectivity index (χ0) is 17.4. The van der Waals surface area contributed by atoms with Gasteiger partial charge in [-0.2, -0.15) is 0 Å². The molecule has 3 nitrogen and oxygen atoms in total. The molecule has 3 atom stereocenters. The Balaban J connectivity index is 1.43. The molecule has 3 aliphatic rings. The minimum Gasteiger partial charge on any atom is -0.367 e. The van der Waals surface area contributed by atoms with E-state index in [0.29, 0.717) is 15.9 Å². The molecule has 3 unspecified atom stereocenters. The van der Waals surface area contributed by atoms with Crippen molar-refractivity contribution < 1.29 is 4.79 Å². The molecule has 6 heteroatoms. The van der Waals surface area contributed by atoms with Crippen LogP contribution in [0.4, 0.5) is 5.69 Å². The van der Waals surface area contributed by atoms with Crippen molar-refractivity contribution in [3.05, 3.63) is 40.4 Å². The third-order valence-electron chi connectivity index (χ3n) is 5.48. The Morgan fingerprint density at radius 2 is 1.80 bits per heavy atom. The molecule has 1 saturated heterocycles. The number of thioether (sulfide) groups is 1. The van der Waals surface area contributed by atoms with Crippen LogP contribution in [0.1, 0.15) is 19.3 Å². The summed E-state index contributed by atoms with van der Waals surface area (Å²) in [6, 6.07) is 7.99. The molecule has 2 heterocycles. The Hall–Kier alpha value is -0.650. The number of hydrogen-bond acceptors (Lipinski definition) is 4. The van der Waals surface area contributed by atoms with Gasteiger partial charge in [0, 0.05) is 42.2 Å². The SMILES string of the molecule is O=C1C(N2CCN(c3ccccc3Cl)CC2)=CSC2CCC(Br)CC12. The van der Waals surface area contributed by atoms with Crippen LogP contribution >= 0.6 is 39.3 Å². The van der Waals surface area contributed by atoms with Crippen molar-refractivity contribution in [3.63, 3.8) is 0 Å². The van der Waals surface area contributed by atoms with E-state index < -0.39 is 0 Å². The summed E-state index contributed by atoms with van der Waals surface area (Å²) in [4.78, 5) is 18.1. The third-order valence-corrected chi connectivity index (χ3v) is 7.90. The van der Waals surface area contributed by atoms with Gasteiger partial charge < -0.3 is 9.80 Å². The quantitative estimate of drug-likeness (QED) is 0.628. The molecule has 0 aromatic heterocycles. The number of hydrogen-bond donors (Lipinski definition) is 0. The molecule has 25 heavy (non-hydrogen) atoms. The third kappa shape index (κ3) is 3.60. The van der Waals surface area contributed by atoms with Crippen molar-refractivity contribution in [1.82, 2.24) is 4.90 Å². The number of fused-ring (bicyclic) bond motifs is 1. The first-order valence-corrected chi connectivity index (χ1v) is 11.2. The van der Waals surface area contributed by atoms with Crippen LogP contribution in [0.5, 0.6) is 0 Å². The summed E-state index contributed by atoms with van der Waals surface area (Å²) in [5.41, 5.74) is 2.03. The average Bonchev–Trinajstić information content (AvgIpc) is 2.63. The number of anilines is 1. The van der Waals surface area contributed by atoms with E-state index in [2.05, 4.69) is 37.2 Å². The van der Waals surface area contributed by atoms with Gasteiger partial charge in [-0.15, -0.1) is 11.8 Å². The lowest BCUT2D eigenvalue weighted by Gasteiger charge is -2.42. The second-order valence-corrected chi connectivity index (χ2v) is 9.80. The van der Waals surface area contributed by atoms with Gasteiger partial charge in [-0.25, -0.2) is 0 Å². The topological polar surface area (TPSA) is 23.6 Å². The van der Waals surface area contributed by atoms with Crippen LogP contribution in [0.2, 0.25) is 5.02 Å². The van der Waals surface area contributed by atoms with Gasteiger partial charge in [0.15, 0.2) is 5.78 Å². The summed E-state index contributed by atoms with van der Waals surface area (Å²) in [5, 5.41) is 3.41. The summed E-state index contributed by atoms with van der Waals surface area (Å²) >= 11 is 11.9. The lowest BCUT2D eigenvalue weighted by molar-refractivity contribution is -0.121. The van der Waals surface area contributed by atoms with Gasteiger partial charge in [0.05, 0.1) is 16.4 Å². The van der Waals surface area contributed by atoms with Crippen molar-refractivity contribution >= 4 is 50.8 Å². The molecule has 1 aliphatic carbocycles. The zero-order valence-corrected chi connectivity index (χ0v) is 17.2. The average molecular weight is 442 g/mol. The van der Waals surface area contributed by atoms with E-state index >= 15 is 0 Å². The smallest absolute Gasteiger partial charge is 0.183 e. The van der Waals surface area contributed by atoms with E-state index in [1.165, 1.54) is 6.42 Å². The first-order chi connectivity index (χ1) is 12.1. The molecule has 0 radical (unpaired) electrons. The fourth-order valence-corrected chi connectivity index (χ4v) is 6.24. The Labute approximate surface area is 166 Å². The summed E-state index contributed by atoms with van der Waals surface area (Å²) in [6.07, 6.45) is 3.30. The fraction of sp³-hybridized carbons (Fsp3) is 0.526. The highest BCUT2D eigenvalue weighted by Gasteiger charge is 2.40. The van der Waals surface area contributed by atoms with Crippen molar-refractivity contribution in [1.29, 1.82) is 0 Å². The van der Waals surface area contributed by atoms with Gasteiger partial charge in [-0.3, -0.25) is 4.79 Å². The highest BCUT2D eigenvalue weighted by atomic mass is 79.9. The van der Waals surface area contributed by atoms with E-state index in [0.717, 1.165) is 55.4 Å². The number of rotatable bonds is 2.